The third kappa shape index (κ3) is 4.33. The largest absolute Gasteiger partial charge is 0.550 e. The molecule has 6 heteroatoms. The lowest BCUT2D eigenvalue weighted by molar-refractivity contribution is -0.305. The Balaban J connectivity index is 2.12. The number of anilines is 1. The second kappa shape index (κ2) is 6.62. The summed E-state index contributed by atoms with van der Waals surface area (Å²) in [6.45, 7) is 1.92. The minimum Gasteiger partial charge on any atom is -0.550 e. The van der Waals surface area contributed by atoms with E-state index in [9.17, 15) is 18.3 Å². The van der Waals surface area contributed by atoms with E-state index in [4.69, 9.17) is 0 Å². The van der Waals surface area contributed by atoms with Gasteiger partial charge < -0.3 is 9.90 Å². The van der Waals surface area contributed by atoms with E-state index < -0.39 is 16.0 Å². The Bertz CT molecular complexity index is 750. The van der Waals surface area contributed by atoms with Crippen LogP contribution in [0.3, 0.4) is 0 Å². The Kier molecular flexibility index (Phi) is 4.82. The van der Waals surface area contributed by atoms with Crippen molar-refractivity contribution >= 4 is 21.7 Å². The maximum Gasteiger partial charge on any atom is 0.261 e. The zero-order chi connectivity index (χ0) is 16.2. The minimum absolute atomic E-state index is 0.0896. The van der Waals surface area contributed by atoms with E-state index >= 15 is 0 Å². The first-order chi connectivity index (χ1) is 10.4. The van der Waals surface area contributed by atoms with Crippen LogP contribution in [0.2, 0.25) is 0 Å². The normalized spacial score (nSPS) is 11.1. The molecule has 1 N–H and O–H groups in total. The Morgan fingerprint density at radius 3 is 2.18 bits per heavy atom. The number of aryl methyl sites for hydroxylation is 2. The number of hydrogen-bond donors (Lipinski definition) is 1. The second-order valence-corrected chi connectivity index (χ2v) is 6.67. The van der Waals surface area contributed by atoms with E-state index in [1.165, 1.54) is 12.1 Å². The number of carbonyl (C=O) groups is 1. The van der Waals surface area contributed by atoms with Gasteiger partial charge in [-0.15, -0.1) is 0 Å². The Morgan fingerprint density at radius 1 is 1.05 bits per heavy atom. The van der Waals surface area contributed by atoms with Gasteiger partial charge in [-0.05, 0) is 49.6 Å². The number of nitrogens with one attached hydrogen (secondary N) is 1. The summed E-state index contributed by atoms with van der Waals surface area (Å²) in [5, 5.41) is 10.4. The predicted molar refractivity (Wildman–Crippen MR) is 81.8 cm³/mol. The molecule has 0 aliphatic carbocycles. The molecule has 2 aromatic rings. The van der Waals surface area contributed by atoms with Crippen LogP contribution in [-0.4, -0.2) is 14.4 Å². The van der Waals surface area contributed by atoms with Gasteiger partial charge in [0.05, 0.1) is 4.90 Å². The average molecular weight is 318 g/mol. The van der Waals surface area contributed by atoms with Crippen LogP contribution in [0.25, 0.3) is 0 Å². The first kappa shape index (κ1) is 16.0. The van der Waals surface area contributed by atoms with Crippen LogP contribution in [0.5, 0.6) is 0 Å². The van der Waals surface area contributed by atoms with Gasteiger partial charge in [-0.1, -0.05) is 29.8 Å². The number of rotatable bonds is 6. The van der Waals surface area contributed by atoms with Crippen LogP contribution >= 0.6 is 0 Å². The van der Waals surface area contributed by atoms with E-state index in [0.717, 1.165) is 11.1 Å². The number of benzene rings is 2. The van der Waals surface area contributed by atoms with Crippen LogP contribution in [0, 0.1) is 6.92 Å². The molecule has 0 aliphatic rings. The van der Waals surface area contributed by atoms with Crippen LogP contribution in [0.4, 0.5) is 5.69 Å². The number of hydrogen-bond acceptors (Lipinski definition) is 4. The van der Waals surface area contributed by atoms with E-state index in [0.29, 0.717) is 12.1 Å². The molecule has 0 heterocycles. The fraction of sp³-hybridized carbons (Fsp3) is 0.188. The predicted octanol–water partition coefficient (Wildman–Crippen LogP) is 1.48. The van der Waals surface area contributed by atoms with Crippen molar-refractivity contribution in [3.63, 3.8) is 0 Å². The number of carboxylic acid groups (broad SMARTS) is 1. The molecule has 0 unspecified atom stereocenters. The molecular weight excluding hydrogens is 302 g/mol. The summed E-state index contributed by atoms with van der Waals surface area (Å²) in [5.41, 5.74) is 2.28. The van der Waals surface area contributed by atoms with Crippen molar-refractivity contribution < 1.29 is 18.3 Å². The SMILES string of the molecule is Cc1ccc(NS(=O)(=O)c2ccc(CCC(=O)[O-])cc2)cc1. The highest BCUT2D eigenvalue weighted by Gasteiger charge is 2.13. The van der Waals surface area contributed by atoms with Crippen LogP contribution in [0.1, 0.15) is 17.5 Å². The molecule has 116 valence electrons. The Morgan fingerprint density at radius 2 is 1.64 bits per heavy atom. The monoisotopic (exact) mass is 318 g/mol. The number of carbonyl (C=O) groups excluding carboxylic acids is 1. The highest BCUT2D eigenvalue weighted by molar-refractivity contribution is 7.92. The Labute approximate surface area is 129 Å². The molecule has 0 atom stereocenters. The molecule has 0 spiro atoms. The minimum atomic E-state index is -3.65. The maximum absolute atomic E-state index is 12.2. The highest BCUT2D eigenvalue weighted by atomic mass is 32.2. The molecule has 0 saturated carbocycles. The smallest absolute Gasteiger partial charge is 0.261 e. The van der Waals surface area contributed by atoms with Crippen molar-refractivity contribution in [2.24, 2.45) is 0 Å². The molecule has 0 radical (unpaired) electrons. The zero-order valence-corrected chi connectivity index (χ0v) is 12.9. The van der Waals surface area contributed by atoms with Gasteiger partial charge in [0, 0.05) is 11.7 Å². The molecule has 0 bridgehead atoms. The first-order valence-electron chi connectivity index (χ1n) is 6.75. The maximum atomic E-state index is 12.2. The molecule has 0 saturated heterocycles. The van der Waals surface area contributed by atoms with Gasteiger partial charge in [0.25, 0.3) is 10.0 Å². The summed E-state index contributed by atoms with van der Waals surface area (Å²) < 4.78 is 27.0. The lowest BCUT2D eigenvalue weighted by Gasteiger charge is -2.09. The van der Waals surface area contributed by atoms with Crippen molar-refractivity contribution in [3.8, 4) is 0 Å². The van der Waals surface area contributed by atoms with Crippen molar-refractivity contribution in [2.45, 2.75) is 24.7 Å². The van der Waals surface area contributed by atoms with E-state index in [2.05, 4.69) is 4.72 Å². The molecule has 22 heavy (non-hydrogen) atoms. The first-order valence-corrected chi connectivity index (χ1v) is 8.23. The van der Waals surface area contributed by atoms with Gasteiger partial charge >= 0.3 is 0 Å². The molecule has 0 aliphatic heterocycles. The van der Waals surface area contributed by atoms with Gasteiger partial charge in [0.2, 0.25) is 0 Å². The van der Waals surface area contributed by atoms with Gasteiger partial charge in [0.15, 0.2) is 0 Å². The molecule has 0 amide bonds. The van der Waals surface area contributed by atoms with Gasteiger partial charge in [-0.3, -0.25) is 4.72 Å². The molecule has 2 aromatic carbocycles. The van der Waals surface area contributed by atoms with Gasteiger partial charge in [0.1, 0.15) is 0 Å². The van der Waals surface area contributed by atoms with Crippen molar-refractivity contribution in [1.82, 2.24) is 0 Å². The second-order valence-electron chi connectivity index (χ2n) is 4.99. The van der Waals surface area contributed by atoms with Crippen LogP contribution in [0.15, 0.2) is 53.4 Å². The standard InChI is InChI=1S/C16H17NO4S/c1-12-2-7-14(8-3-12)17-22(20,21)15-9-4-13(5-10-15)6-11-16(18)19/h2-5,7-10,17H,6,11H2,1H3,(H,18,19)/p-1. The van der Waals surface area contributed by atoms with Gasteiger partial charge in [-0.25, -0.2) is 8.42 Å². The summed E-state index contributed by atoms with van der Waals surface area (Å²) in [4.78, 5) is 10.5. The third-order valence-corrected chi connectivity index (χ3v) is 4.55. The van der Waals surface area contributed by atoms with E-state index in [1.807, 2.05) is 19.1 Å². The lowest BCUT2D eigenvalue weighted by atomic mass is 10.1. The van der Waals surface area contributed by atoms with Crippen molar-refractivity contribution in [2.75, 3.05) is 4.72 Å². The lowest BCUT2D eigenvalue weighted by Crippen LogP contribution is -2.22. The number of aliphatic carboxylic acids is 1. The van der Waals surface area contributed by atoms with E-state index in [-0.39, 0.29) is 11.3 Å². The van der Waals surface area contributed by atoms with Crippen molar-refractivity contribution in [1.29, 1.82) is 0 Å². The van der Waals surface area contributed by atoms with E-state index in [1.54, 1.807) is 24.3 Å². The summed E-state index contributed by atoms with van der Waals surface area (Å²) in [6, 6.07) is 13.2. The number of sulfonamides is 1. The van der Waals surface area contributed by atoms with Crippen molar-refractivity contribution in [3.05, 3.63) is 59.7 Å². The summed E-state index contributed by atoms with van der Waals surface area (Å²) in [6.07, 6.45) is 0.224. The number of carboxylic acids is 1. The topological polar surface area (TPSA) is 86.3 Å². The summed E-state index contributed by atoms with van der Waals surface area (Å²) in [7, 11) is -3.65. The highest BCUT2D eigenvalue weighted by Crippen LogP contribution is 2.17. The summed E-state index contributed by atoms with van der Waals surface area (Å²) in [5.74, 6) is -1.13. The van der Waals surface area contributed by atoms with Crippen LogP contribution in [-0.2, 0) is 21.2 Å². The van der Waals surface area contributed by atoms with Gasteiger partial charge in [-0.2, -0.15) is 0 Å². The molecule has 5 nitrogen and oxygen atoms in total. The molecule has 2 rings (SSSR count). The molecule has 0 fully saturated rings. The summed E-state index contributed by atoms with van der Waals surface area (Å²) >= 11 is 0. The fourth-order valence-electron chi connectivity index (χ4n) is 1.92. The average Bonchev–Trinajstić information content (AvgIpc) is 2.48. The third-order valence-electron chi connectivity index (χ3n) is 3.16. The molecule has 0 aromatic heterocycles. The fourth-order valence-corrected chi connectivity index (χ4v) is 2.98. The van der Waals surface area contributed by atoms with Crippen LogP contribution < -0.4 is 9.83 Å². The quantitative estimate of drug-likeness (QED) is 0.874. The Hall–Kier alpha value is -2.34. The molecular formula is C16H16NO4S-. The zero-order valence-electron chi connectivity index (χ0n) is 12.1.